The van der Waals surface area contributed by atoms with Gasteiger partial charge in [-0.05, 0) is 18.1 Å². The third-order valence-electron chi connectivity index (χ3n) is 2.39. The molecule has 1 aromatic heterocycles. The molecule has 2 unspecified atom stereocenters. The minimum Gasteiger partial charge on any atom is -0.479 e. The number of carbonyl (C=O) groups is 2. The molecule has 2 amide bonds. The van der Waals surface area contributed by atoms with Crippen LogP contribution in [0.15, 0.2) is 0 Å². The lowest BCUT2D eigenvalue weighted by atomic mass is 10.2. The van der Waals surface area contributed by atoms with Crippen molar-refractivity contribution in [2.24, 2.45) is 0 Å². The van der Waals surface area contributed by atoms with Gasteiger partial charge in [-0.15, -0.1) is 0 Å². The van der Waals surface area contributed by atoms with Gasteiger partial charge in [0.25, 0.3) is 0 Å². The van der Waals surface area contributed by atoms with Crippen LogP contribution < -0.4 is 10.6 Å². The summed E-state index contributed by atoms with van der Waals surface area (Å²) < 4.78 is 8.72. The van der Waals surface area contributed by atoms with E-state index in [1.807, 2.05) is 0 Å². The Bertz CT molecular complexity index is 425. The summed E-state index contributed by atoms with van der Waals surface area (Å²) in [4.78, 5) is 22.1. The summed E-state index contributed by atoms with van der Waals surface area (Å²) in [6.07, 6.45) is 0.0259. The monoisotopic (exact) mass is 273 g/mol. The van der Waals surface area contributed by atoms with Crippen LogP contribution in [-0.4, -0.2) is 50.7 Å². The van der Waals surface area contributed by atoms with Gasteiger partial charge in [-0.2, -0.15) is 0 Å². The Labute approximate surface area is 106 Å². The van der Waals surface area contributed by atoms with Crippen molar-refractivity contribution in [3.8, 4) is 0 Å². The van der Waals surface area contributed by atoms with Crippen LogP contribution >= 0.6 is 11.5 Å². The van der Waals surface area contributed by atoms with E-state index in [1.54, 1.807) is 0 Å². The Hall–Kier alpha value is -1.81. The van der Waals surface area contributed by atoms with E-state index in [0.717, 1.165) is 11.5 Å². The molecular weight excluding hydrogens is 262 g/mol. The molecule has 0 spiro atoms. The molecule has 3 N–H and O–H groups in total. The maximum atomic E-state index is 11.4. The van der Waals surface area contributed by atoms with Gasteiger partial charge in [-0.1, -0.05) is 9.59 Å². The number of carbonyl (C=O) groups excluding carboxylic acids is 1. The number of rotatable bonds is 4. The fourth-order valence-corrected chi connectivity index (χ4v) is 1.93. The number of nitrogens with one attached hydrogen (secondary N) is 2. The molecule has 98 valence electrons. The summed E-state index contributed by atoms with van der Waals surface area (Å²) in [6.45, 7) is 0.252. The van der Waals surface area contributed by atoms with Crippen molar-refractivity contribution in [2.75, 3.05) is 11.9 Å². The Morgan fingerprint density at radius 1 is 1.50 bits per heavy atom. The summed E-state index contributed by atoms with van der Waals surface area (Å²) in [5.74, 6) is -0.970. The molecule has 1 aromatic rings. The first kappa shape index (κ1) is 12.6. The van der Waals surface area contributed by atoms with E-state index in [1.165, 1.54) is 0 Å². The average Bonchev–Trinajstić information content (AvgIpc) is 2.96. The van der Waals surface area contributed by atoms with Gasteiger partial charge in [0.05, 0.1) is 6.10 Å². The molecule has 1 aliphatic rings. The van der Waals surface area contributed by atoms with Gasteiger partial charge in [-0.25, -0.2) is 9.59 Å². The molecule has 1 fully saturated rings. The van der Waals surface area contributed by atoms with Crippen LogP contribution in [0.2, 0.25) is 0 Å². The van der Waals surface area contributed by atoms with Crippen molar-refractivity contribution in [3.05, 3.63) is 0 Å². The van der Waals surface area contributed by atoms with E-state index in [9.17, 15) is 9.59 Å². The van der Waals surface area contributed by atoms with E-state index in [0.29, 0.717) is 18.0 Å². The standard InChI is InChI=1S/C8H11N5O4S/c14-6(15)5-2-1-4(17-5)3-9-7(16)10-8-11-12-13-18-8/h4-5H,1-3H2,(H,14,15)(H2,9,10,11,13,16). The highest BCUT2D eigenvalue weighted by molar-refractivity contribution is 7.09. The fraction of sp³-hybridized carbons (Fsp3) is 0.625. The van der Waals surface area contributed by atoms with Crippen molar-refractivity contribution < 1.29 is 19.4 Å². The number of hydrogen-bond acceptors (Lipinski definition) is 7. The normalized spacial score (nSPS) is 22.7. The van der Waals surface area contributed by atoms with Crippen molar-refractivity contribution in [1.82, 2.24) is 20.1 Å². The predicted molar refractivity (Wildman–Crippen MR) is 60.3 cm³/mol. The topological polar surface area (TPSA) is 126 Å². The Balaban J connectivity index is 1.69. The van der Waals surface area contributed by atoms with Gasteiger partial charge >= 0.3 is 12.0 Å². The van der Waals surface area contributed by atoms with Crippen LogP contribution in [0.5, 0.6) is 0 Å². The molecule has 9 nitrogen and oxygen atoms in total. The third kappa shape index (κ3) is 3.34. The number of hydrogen-bond donors (Lipinski definition) is 3. The van der Waals surface area contributed by atoms with Gasteiger partial charge in [-0.3, -0.25) is 5.32 Å². The average molecular weight is 273 g/mol. The molecule has 2 rings (SSSR count). The maximum absolute atomic E-state index is 11.4. The highest BCUT2D eigenvalue weighted by atomic mass is 32.1. The number of aliphatic carboxylic acids is 1. The molecule has 0 saturated carbocycles. The second kappa shape index (κ2) is 5.69. The van der Waals surface area contributed by atoms with Crippen molar-refractivity contribution in [2.45, 2.75) is 25.0 Å². The summed E-state index contributed by atoms with van der Waals surface area (Å²) in [7, 11) is 0. The number of aromatic nitrogens is 3. The van der Waals surface area contributed by atoms with Gasteiger partial charge in [0.1, 0.15) is 0 Å². The number of amides is 2. The molecule has 10 heteroatoms. The first-order chi connectivity index (χ1) is 8.65. The second-order valence-electron chi connectivity index (χ2n) is 3.66. The van der Waals surface area contributed by atoms with E-state index >= 15 is 0 Å². The molecule has 0 aliphatic carbocycles. The summed E-state index contributed by atoms with van der Waals surface area (Å²) >= 11 is 0.961. The first-order valence-electron chi connectivity index (χ1n) is 5.23. The fourth-order valence-electron chi connectivity index (χ4n) is 1.57. The molecule has 0 radical (unpaired) electrons. The zero-order valence-electron chi connectivity index (χ0n) is 9.20. The Morgan fingerprint density at radius 2 is 2.33 bits per heavy atom. The number of nitrogens with zero attached hydrogens (tertiary/aromatic N) is 3. The van der Waals surface area contributed by atoms with Gasteiger partial charge < -0.3 is 15.2 Å². The molecule has 2 atom stereocenters. The quantitative estimate of drug-likeness (QED) is 0.686. The SMILES string of the molecule is O=C(NCC1CCC(C(=O)O)O1)Nc1nnns1. The molecule has 1 aliphatic heterocycles. The van der Waals surface area contributed by atoms with E-state index in [-0.39, 0.29) is 12.6 Å². The van der Waals surface area contributed by atoms with Gasteiger partial charge in [0.2, 0.25) is 5.13 Å². The smallest absolute Gasteiger partial charge is 0.332 e. The van der Waals surface area contributed by atoms with Gasteiger partial charge in [0.15, 0.2) is 6.10 Å². The third-order valence-corrected chi connectivity index (χ3v) is 2.90. The zero-order valence-corrected chi connectivity index (χ0v) is 10.0. The lowest BCUT2D eigenvalue weighted by Crippen LogP contribution is -2.35. The lowest BCUT2D eigenvalue weighted by molar-refractivity contribution is -0.149. The van der Waals surface area contributed by atoms with Crippen LogP contribution in [0.3, 0.4) is 0 Å². The van der Waals surface area contributed by atoms with Gasteiger partial charge in [0, 0.05) is 18.1 Å². The predicted octanol–water partition coefficient (Wildman–Crippen LogP) is -0.313. The highest BCUT2D eigenvalue weighted by Crippen LogP contribution is 2.19. The van der Waals surface area contributed by atoms with Crippen LogP contribution in [-0.2, 0) is 9.53 Å². The van der Waals surface area contributed by atoms with E-state index in [2.05, 4.69) is 25.4 Å². The van der Waals surface area contributed by atoms with Crippen molar-refractivity contribution in [3.63, 3.8) is 0 Å². The van der Waals surface area contributed by atoms with E-state index in [4.69, 9.17) is 9.84 Å². The van der Waals surface area contributed by atoms with Crippen LogP contribution in [0.25, 0.3) is 0 Å². The number of carboxylic acids is 1. The van der Waals surface area contributed by atoms with Crippen molar-refractivity contribution >= 4 is 28.7 Å². The summed E-state index contributed by atoms with van der Waals surface area (Å²) in [5.41, 5.74) is 0. The first-order valence-corrected chi connectivity index (χ1v) is 6.00. The highest BCUT2D eigenvalue weighted by Gasteiger charge is 2.30. The molecule has 0 aromatic carbocycles. The van der Waals surface area contributed by atoms with Crippen LogP contribution in [0.1, 0.15) is 12.8 Å². The second-order valence-corrected chi connectivity index (χ2v) is 4.40. The Kier molecular flexibility index (Phi) is 3.99. The maximum Gasteiger partial charge on any atom is 0.332 e. The molecular formula is C8H11N5O4S. The summed E-state index contributed by atoms with van der Waals surface area (Å²) in [6, 6.07) is -0.448. The molecule has 18 heavy (non-hydrogen) atoms. The molecule has 1 saturated heterocycles. The Morgan fingerprint density at radius 3 is 2.94 bits per heavy atom. The lowest BCUT2D eigenvalue weighted by Gasteiger charge is -2.11. The van der Waals surface area contributed by atoms with E-state index < -0.39 is 18.1 Å². The minimum atomic E-state index is -0.970. The number of urea groups is 1. The summed E-state index contributed by atoms with van der Waals surface area (Å²) in [5, 5.41) is 20.9. The van der Waals surface area contributed by atoms with Crippen LogP contribution in [0, 0.1) is 0 Å². The molecule has 2 heterocycles. The van der Waals surface area contributed by atoms with Crippen LogP contribution in [0.4, 0.5) is 9.93 Å². The van der Waals surface area contributed by atoms with Crippen molar-refractivity contribution in [1.29, 1.82) is 0 Å². The zero-order chi connectivity index (χ0) is 13.0. The number of ether oxygens (including phenoxy) is 1. The number of carboxylic acid groups (broad SMARTS) is 1. The molecule has 0 bridgehead atoms. The number of anilines is 1. The largest absolute Gasteiger partial charge is 0.479 e. The minimum absolute atomic E-state index is 0.252.